The summed E-state index contributed by atoms with van der Waals surface area (Å²) in [5, 5.41) is 23.1. The van der Waals surface area contributed by atoms with Crippen LogP contribution in [0.4, 0.5) is 5.69 Å². The van der Waals surface area contributed by atoms with Gasteiger partial charge in [0.2, 0.25) is 0 Å². The van der Waals surface area contributed by atoms with Gasteiger partial charge in [-0.25, -0.2) is 9.59 Å². The molecule has 214 valence electrons. The van der Waals surface area contributed by atoms with Gasteiger partial charge in [-0.2, -0.15) is 5.26 Å². The van der Waals surface area contributed by atoms with Crippen molar-refractivity contribution >= 4 is 17.6 Å². The summed E-state index contributed by atoms with van der Waals surface area (Å²) < 4.78 is 10.4. The molecule has 0 spiro atoms. The van der Waals surface area contributed by atoms with Gasteiger partial charge in [-0.1, -0.05) is 109 Å². The van der Waals surface area contributed by atoms with Gasteiger partial charge in [-0.3, -0.25) is 4.90 Å². The molecular formula is C35H29N3O5. The molecule has 0 bridgehead atoms. The molecule has 1 atom stereocenters. The summed E-state index contributed by atoms with van der Waals surface area (Å²) in [6.45, 7) is 0. The van der Waals surface area contributed by atoms with Crippen LogP contribution in [0.25, 0.3) is 0 Å². The minimum Gasteiger partial charge on any atom is -0.466 e. The number of nitrogens with two attached hydrogens (primary N) is 1. The number of carbonyl (C=O) groups is 2. The molecule has 0 fully saturated rings. The quantitative estimate of drug-likeness (QED) is 0.238. The van der Waals surface area contributed by atoms with Crippen LogP contribution in [-0.2, 0) is 24.7 Å². The standard InChI is InChI=1S/C35H29N3O5/c1-42-33(39)30-29(23-14-6-3-7-15-23)26(22-36)32(37)38(31(30)34(40)43-2)28-21-13-12-20-27(28)35(41,24-16-8-4-9-17-24)25-18-10-5-11-19-25/h3-21,29,41H,37H2,1-2H3. The first-order valence-corrected chi connectivity index (χ1v) is 13.5. The number of esters is 2. The zero-order valence-corrected chi connectivity index (χ0v) is 23.6. The van der Waals surface area contributed by atoms with E-state index in [9.17, 15) is 20.0 Å². The van der Waals surface area contributed by atoms with E-state index < -0.39 is 23.5 Å². The van der Waals surface area contributed by atoms with Gasteiger partial charge >= 0.3 is 11.9 Å². The highest BCUT2D eigenvalue weighted by atomic mass is 16.5. The van der Waals surface area contributed by atoms with Crippen molar-refractivity contribution in [1.82, 2.24) is 0 Å². The van der Waals surface area contributed by atoms with E-state index in [2.05, 4.69) is 6.07 Å². The molecule has 0 saturated carbocycles. The van der Waals surface area contributed by atoms with Crippen molar-refractivity contribution in [2.75, 3.05) is 19.1 Å². The van der Waals surface area contributed by atoms with Crippen molar-refractivity contribution < 1.29 is 24.2 Å². The molecule has 1 aliphatic rings. The number of ether oxygens (including phenoxy) is 2. The first-order chi connectivity index (χ1) is 20.9. The number of para-hydroxylation sites is 1. The summed E-state index contributed by atoms with van der Waals surface area (Å²) in [6.07, 6.45) is 0. The Morgan fingerprint density at radius 3 is 1.79 bits per heavy atom. The summed E-state index contributed by atoms with van der Waals surface area (Å²) in [7, 11) is 2.39. The van der Waals surface area contributed by atoms with Crippen molar-refractivity contribution in [2.45, 2.75) is 11.5 Å². The Hall–Kier alpha value is -5.65. The van der Waals surface area contributed by atoms with Gasteiger partial charge in [0.15, 0.2) is 0 Å². The lowest BCUT2D eigenvalue weighted by Crippen LogP contribution is -2.42. The van der Waals surface area contributed by atoms with Gasteiger partial charge in [0.05, 0.1) is 43.0 Å². The second-order valence-corrected chi connectivity index (χ2v) is 9.79. The smallest absolute Gasteiger partial charge is 0.355 e. The Labute approximate surface area is 249 Å². The number of hydrogen-bond donors (Lipinski definition) is 2. The minimum absolute atomic E-state index is 0.0250. The number of allylic oxidation sites excluding steroid dienone is 1. The molecule has 0 aromatic heterocycles. The maximum Gasteiger partial charge on any atom is 0.355 e. The zero-order valence-electron chi connectivity index (χ0n) is 23.6. The monoisotopic (exact) mass is 571 g/mol. The summed E-state index contributed by atoms with van der Waals surface area (Å²) in [5.41, 5.74) is 6.97. The molecule has 1 heterocycles. The average molecular weight is 572 g/mol. The van der Waals surface area contributed by atoms with Gasteiger partial charge in [0.1, 0.15) is 17.1 Å². The molecule has 3 N–H and O–H groups in total. The van der Waals surface area contributed by atoms with Crippen LogP contribution in [-0.4, -0.2) is 31.3 Å². The average Bonchev–Trinajstić information content (AvgIpc) is 3.07. The Bertz CT molecular complexity index is 1720. The van der Waals surface area contributed by atoms with E-state index in [1.54, 1.807) is 78.9 Å². The lowest BCUT2D eigenvalue weighted by atomic mass is 9.78. The number of anilines is 1. The summed E-state index contributed by atoms with van der Waals surface area (Å²) >= 11 is 0. The van der Waals surface area contributed by atoms with Crippen molar-refractivity contribution in [3.8, 4) is 6.07 Å². The van der Waals surface area contributed by atoms with Gasteiger partial charge in [0, 0.05) is 5.56 Å². The number of benzene rings is 4. The predicted octanol–water partition coefficient (Wildman–Crippen LogP) is 4.87. The van der Waals surface area contributed by atoms with Crippen molar-refractivity contribution in [3.05, 3.63) is 160 Å². The third-order valence-electron chi connectivity index (χ3n) is 7.53. The summed E-state index contributed by atoms with van der Waals surface area (Å²) in [5.74, 6) is -2.82. The third kappa shape index (κ3) is 4.92. The molecule has 1 unspecified atom stereocenters. The van der Waals surface area contributed by atoms with Crippen molar-refractivity contribution in [2.24, 2.45) is 5.73 Å². The van der Waals surface area contributed by atoms with E-state index in [-0.39, 0.29) is 28.4 Å². The molecule has 4 aromatic rings. The van der Waals surface area contributed by atoms with E-state index in [1.807, 2.05) is 36.4 Å². The van der Waals surface area contributed by atoms with E-state index in [4.69, 9.17) is 15.2 Å². The SMILES string of the molecule is COC(=O)C1=C(C(=O)OC)N(c2ccccc2C(O)(c2ccccc2)c2ccccc2)C(N)=C(C#N)C1c1ccccc1. The van der Waals surface area contributed by atoms with Crippen LogP contribution in [0.5, 0.6) is 0 Å². The first kappa shape index (κ1) is 28.9. The Morgan fingerprint density at radius 1 is 0.791 bits per heavy atom. The largest absolute Gasteiger partial charge is 0.466 e. The minimum atomic E-state index is -1.74. The fourth-order valence-corrected chi connectivity index (χ4v) is 5.57. The Morgan fingerprint density at radius 2 is 1.28 bits per heavy atom. The van der Waals surface area contributed by atoms with Crippen LogP contribution < -0.4 is 10.6 Å². The molecule has 0 amide bonds. The Balaban J connectivity index is 1.88. The fraction of sp³-hybridized carbons (Fsp3) is 0.114. The predicted molar refractivity (Wildman–Crippen MR) is 161 cm³/mol. The maximum absolute atomic E-state index is 13.6. The number of methoxy groups -OCH3 is 2. The van der Waals surface area contributed by atoms with E-state index in [0.717, 1.165) is 0 Å². The van der Waals surface area contributed by atoms with Crippen LogP contribution in [0.3, 0.4) is 0 Å². The molecule has 5 rings (SSSR count). The van der Waals surface area contributed by atoms with Crippen molar-refractivity contribution in [3.63, 3.8) is 0 Å². The Kier molecular flexibility index (Phi) is 8.10. The molecule has 0 saturated heterocycles. The van der Waals surface area contributed by atoms with E-state index in [0.29, 0.717) is 22.3 Å². The first-order valence-electron chi connectivity index (χ1n) is 13.5. The number of aliphatic hydroxyl groups is 1. The maximum atomic E-state index is 13.6. The third-order valence-corrected chi connectivity index (χ3v) is 7.53. The highest BCUT2D eigenvalue weighted by Gasteiger charge is 2.45. The lowest BCUT2D eigenvalue weighted by molar-refractivity contribution is -0.139. The lowest BCUT2D eigenvalue weighted by Gasteiger charge is -2.39. The molecule has 0 aliphatic carbocycles. The highest BCUT2D eigenvalue weighted by Crippen LogP contribution is 2.47. The van der Waals surface area contributed by atoms with Crippen LogP contribution in [0.15, 0.2) is 138 Å². The number of rotatable bonds is 7. The van der Waals surface area contributed by atoms with E-state index >= 15 is 0 Å². The van der Waals surface area contributed by atoms with Gasteiger partial charge in [0.25, 0.3) is 0 Å². The topological polar surface area (TPSA) is 126 Å². The molecular weight excluding hydrogens is 542 g/mol. The summed E-state index contributed by atoms with van der Waals surface area (Å²) in [4.78, 5) is 28.5. The number of hydrogen-bond acceptors (Lipinski definition) is 8. The van der Waals surface area contributed by atoms with Gasteiger partial charge in [-0.05, 0) is 22.8 Å². The molecule has 8 nitrogen and oxygen atoms in total. The number of carbonyl (C=O) groups excluding carboxylic acids is 2. The zero-order chi connectivity index (χ0) is 30.6. The summed E-state index contributed by atoms with van der Waals surface area (Å²) in [6, 6.07) is 35.9. The highest BCUT2D eigenvalue weighted by molar-refractivity contribution is 6.06. The van der Waals surface area contributed by atoms with Crippen LogP contribution in [0, 0.1) is 11.3 Å². The van der Waals surface area contributed by atoms with Crippen LogP contribution >= 0.6 is 0 Å². The van der Waals surface area contributed by atoms with Gasteiger partial charge < -0.3 is 20.3 Å². The molecule has 43 heavy (non-hydrogen) atoms. The normalized spacial score (nSPS) is 15.1. The number of nitriles is 1. The van der Waals surface area contributed by atoms with Crippen LogP contribution in [0.2, 0.25) is 0 Å². The number of nitrogens with zero attached hydrogens (tertiary/aromatic N) is 2. The fourth-order valence-electron chi connectivity index (χ4n) is 5.57. The molecule has 1 aliphatic heterocycles. The van der Waals surface area contributed by atoms with Crippen molar-refractivity contribution in [1.29, 1.82) is 5.26 Å². The second kappa shape index (κ2) is 12.1. The van der Waals surface area contributed by atoms with E-state index in [1.165, 1.54) is 19.1 Å². The molecule has 0 radical (unpaired) electrons. The second-order valence-electron chi connectivity index (χ2n) is 9.79. The molecule has 4 aromatic carbocycles. The van der Waals surface area contributed by atoms with Gasteiger partial charge in [-0.15, -0.1) is 0 Å². The van der Waals surface area contributed by atoms with Crippen LogP contribution in [0.1, 0.15) is 28.2 Å². The molecule has 8 heteroatoms.